The van der Waals surface area contributed by atoms with E-state index in [0.29, 0.717) is 18.7 Å². The van der Waals surface area contributed by atoms with E-state index in [0.717, 1.165) is 30.7 Å². The van der Waals surface area contributed by atoms with E-state index in [1.54, 1.807) is 0 Å². The molecule has 4 nitrogen and oxygen atoms in total. The molecule has 162 valence electrons. The minimum absolute atomic E-state index is 0.0114. The van der Waals surface area contributed by atoms with Gasteiger partial charge in [0.05, 0.1) is 23.0 Å². The van der Waals surface area contributed by atoms with Gasteiger partial charge in [-0.05, 0) is 36.6 Å². The van der Waals surface area contributed by atoms with Gasteiger partial charge >= 0.3 is 6.18 Å². The smallest absolute Gasteiger partial charge is 0.393 e. The van der Waals surface area contributed by atoms with E-state index in [1.165, 1.54) is 6.07 Å². The molecule has 3 rings (SSSR count). The summed E-state index contributed by atoms with van der Waals surface area (Å²) in [7, 11) is 0. The predicted molar refractivity (Wildman–Crippen MR) is 102 cm³/mol. The number of alkyl halides is 3. The molecule has 0 radical (unpaired) electrons. The lowest BCUT2D eigenvalue weighted by Gasteiger charge is -2.27. The van der Waals surface area contributed by atoms with Crippen molar-refractivity contribution in [1.29, 1.82) is 0 Å². The average molecular weight is 449 g/mol. The van der Waals surface area contributed by atoms with Crippen LogP contribution in [0.25, 0.3) is 0 Å². The maximum absolute atomic E-state index is 14.2. The molecular weight excluding hydrogens is 431 g/mol. The summed E-state index contributed by atoms with van der Waals surface area (Å²) in [6.07, 6.45) is -4.38. The number of hydrogen-bond donors (Lipinski definition) is 1. The van der Waals surface area contributed by atoms with Crippen LogP contribution in [0.2, 0.25) is 5.02 Å². The zero-order valence-corrected chi connectivity index (χ0v) is 16.4. The Kier molecular flexibility index (Phi) is 6.40. The lowest BCUT2D eigenvalue weighted by Crippen LogP contribution is -2.34. The SMILES string of the molecule is NC(=O)c1cc(Cl)c(OC[C@H]2CCCN2c2ccc(CC(F)(F)F)c(F)c2)cc1F. The summed E-state index contributed by atoms with van der Waals surface area (Å²) in [4.78, 5) is 13.0. The van der Waals surface area contributed by atoms with Gasteiger partial charge in [-0.2, -0.15) is 13.2 Å². The van der Waals surface area contributed by atoms with Crippen LogP contribution in [0.5, 0.6) is 5.75 Å². The molecule has 0 aliphatic carbocycles. The van der Waals surface area contributed by atoms with Gasteiger partial charge in [0, 0.05) is 18.3 Å². The zero-order valence-electron chi connectivity index (χ0n) is 15.6. The van der Waals surface area contributed by atoms with Gasteiger partial charge in [-0.25, -0.2) is 8.78 Å². The van der Waals surface area contributed by atoms with Crippen molar-refractivity contribution in [3.63, 3.8) is 0 Å². The van der Waals surface area contributed by atoms with Crippen LogP contribution < -0.4 is 15.4 Å². The molecule has 1 fully saturated rings. The third-order valence-corrected chi connectivity index (χ3v) is 5.15. The van der Waals surface area contributed by atoms with Gasteiger partial charge in [0.1, 0.15) is 24.0 Å². The van der Waals surface area contributed by atoms with Gasteiger partial charge in [0.25, 0.3) is 5.91 Å². The molecular formula is C20H18ClF5N2O2. The minimum atomic E-state index is -4.50. The van der Waals surface area contributed by atoms with Crippen LogP contribution in [0.4, 0.5) is 27.6 Å². The maximum Gasteiger partial charge on any atom is 0.393 e. The second-order valence-corrected chi connectivity index (χ2v) is 7.40. The van der Waals surface area contributed by atoms with Crippen LogP contribution >= 0.6 is 11.6 Å². The van der Waals surface area contributed by atoms with Gasteiger partial charge in [-0.1, -0.05) is 17.7 Å². The average Bonchev–Trinajstić information content (AvgIpc) is 3.11. The number of amides is 1. The van der Waals surface area contributed by atoms with Crippen LogP contribution in [0.1, 0.15) is 28.8 Å². The number of hydrogen-bond acceptors (Lipinski definition) is 3. The Labute approximate surface area is 174 Å². The maximum atomic E-state index is 14.2. The summed E-state index contributed by atoms with van der Waals surface area (Å²) >= 11 is 6.02. The molecule has 1 atom stereocenters. The Hall–Kier alpha value is -2.55. The van der Waals surface area contributed by atoms with Crippen molar-refractivity contribution in [2.75, 3.05) is 18.1 Å². The van der Waals surface area contributed by atoms with Crippen LogP contribution in [-0.4, -0.2) is 31.3 Å². The van der Waals surface area contributed by atoms with Crippen molar-refractivity contribution in [2.45, 2.75) is 31.5 Å². The number of carbonyl (C=O) groups is 1. The highest BCUT2D eigenvalue weighted by Crippen LogP contribution is 2.32. The van der Waals surface area contributed by atoms with Gasteiger partial charge < -0.3 is 15.4 Å². The fourth-order valence-corrected chi connectivity index (χ4v) is 3.66. The lowest BCUT2D eigenvalue weighted by molar-refractivity contribution is -0.127. The number of carbonyl (C=O) groups excluding carboxylic acids is 1. The summed E-state index contributed by atoms with van der Waals surface area (Å²) < 4.78 is 71.3. The number of primary amides is 1. The summed E-state index contributed by atoms with van der Waals surface area (Å²) in [5, 5.41) is 0.0114. The molecule has 1 aliphatic heterocycles. The van der Waals surface area contributed by atoms with Crippen molar-refractivity contribution < 1.29 is 31.5 Å². The molecule has 10 heteroatoms. The summed E-state index contributed by atoms with van der Waals surface area (Å²) in [6, 6.07) is 5.48. The molecule has 1 saturated heterocycles. The van der Waals surface area contributed by atoms with Crippen LogP contribution in [0, 0.1) is 11.6 Å². The number of halogens is 6. The molecule has 0 unspecified atom stereocenters. The van der Waals surface area contributed by atoms with Gasteiger partial charge in [0.15, 0.2) is 0 Å². The van der Waals surface area contributed by atoms with E-state index in [1.807, 2.05) is 4.90 Å². The third kappa shape index (κ3) is 5.13. The fourth-order valence-electron chi connectivity index (χ4n) is 3.44. The van der Waals surface area contributed by atoms with Crippen LogP contribution in [0.3, 0.4) is 0 Å². The van der Waals surface area contributed by atoms with E-state index >= 15 is 0 Å². The number of rotatable bonds is 6. The Morgan fingerprint density at radius 3 is 2.57 bits per heavy atom. The molecule has 0 spiro atoms. The van der Waals surface area contributed by atoms with Crippen LogP contribution in [-0.2, 0) is 6.42 Å². The Balaban J connectivity index is 1.72. The number of ether oxygens (including phenoxy) is 1. The molecule has 0 bridgehead atoms. The summed E-state index contributed by atoms with van der Waals surface area (Å²) in [6.45, 7) is 0.649. The molecule has 0 aromatic heterocycles. The van der Waals surface area contributed by atoms with E-state index in [-0.39, 0.29) is 29.0 Å². The van der Waals surface area contributed by atoms with Crippen molar-refractivity contribution in [3.05, 3.63) is 58.1 Å². The molecule has 30 heavy (non-hydrogen) atoms. The first-order valence-electron chi connectivity index (χ1n) is 9.08. The normalized spacial score (nSPS) is 16.7. The number of nitrogens with two attached hydrogens (primary N) is 1. The van der Waals surface area contributed by atoms with E-state index < -0.39 is 35.7 Å². The molecule has 2 aromatic rings. The second kappa shape index (κ2) is 8.67. The predicted octanol–water partition coefficient (Wildman–Crippen LogP) is 4.87. The van der Waals surface area contributed by atoms with E-state index in [4.69, 9.17) is 22.1 Å². The third-order valence-electron chi connectivity index (χ3n) is 4.85. The lowest BCUT2D eigenvalue weighted by atomic mass is 10.1. The molecule has 1 heterocycles. The standard InChI is InChI=1S/C20H18ClF5N2O2/c21-15-7-14(19(27)29)17(23)8-18(15)30-10-13-2-1-5-28(13)12-4-3-11(16(22)6-12)9-20(24,25)26/h3-4,6-8,13H,1-2,5,9-10H2,(H2,27,29)/t13-/m1/s1. The van der Waals surface area contributed by atoms with Crippen molar-refractivity contribution in [3.8, 4) is 5.75 Å². The van der Waals surface area contributed by atoms with Crippen molar-refractivity contribution in [1.82, 2.24) is 0 Å². The van der Waals surface area contributed by atoms with Crippen molar-refractivity contribution >= 4 is 23.2 Å². The first-order chi connectivity index (χ1) is 14.0. The van der Waals surface area contributed by atoms with Gasteiger partial charge in [0.2, 0.25) is 0 Å². The molecule has 1 aliphatic rings. The first-order valence-corrected chi connectivity index (χ1v) is 9.46. The monoisotopic (exact) mass is 448 g/mol. The first kappa shape index (κ1) is 22.1. The van der Waals surface area contributed by atoms with Gasteiger partial charge in [-0.3, -0.25) is 4.79 Å². The van der Waals surface area contributed by atoms with Crippen molar-refractivity contribution in [2.24, 2.45) is 5.73 Å². The quantitative estimate of drug-likeness (QED) is 0.641. The number of anilines is 1. The Morgan fingerprint density at radius 2 is 1.93 bits per heavy atom. The van der Waals surface area contributed by atoms with E-state index in [2.05, 4.69) is 0 Å². The summed E-state index contributed by atoms with van der Waals surface area (Å²) in [5.74, 6) is -2.73. The number of nitrogens with zero attached hydrogens (tertiary/aromatic N) is 1. The fraction of sp³-hybridized carbons (Fsp3) is 0.350. The van der Waals surface area contributed by atoms with Crippen LogP contribution in [0.15, 0.2) is 30.3 Å². The Morgan fingerprint density at radius 1 is 1.20 bits per heavy atom. The Bertz CT molecular complexity index is 952. The highest BCUT2D eigenvalue weighted by atomic mass is 35.5. The zero-order chi connectivity index (χ0) is 22.1. The largest absolute Gasteiger partial charge is 0.490 e. The highest BCUT2D eigenvalue weighted by Gasteiger charge is 2.30. The molecule has 2 N–H and O–H groups in total. The minimum Gasteiger partial charge on any atom is -0.490 e. The van der Waals surface area contributed by atoms with E-state index in [9.17, 15) is 26.7 Å². The highest BCUT2D eigenvalue weighted by molar-refractivity contribution is 6.32. The topological polar surface area (TPSA) is 55.6 Å². The van der Waals surface area contributed by atoms with Gasteiger partial charge in [-0.15, -0.1) is 0 Å². The molecule has 1 amide bonds. The second-order valence-electron chi connectivity index (χ2n) is 6.99. The number of benzene rings is 2. The summed E-state index contributed by atoms with van der Waals surface area (Å²) in [5.41, 5.74) is 4.73. The molecule has 0 saturated carbocycles. The molecule has 2 aromatic carbocycles.